The molecule has 0 radical (unpaired) electrons. The normalized spacial score (nSPS) is 14.9. The quantitative estimate of drug-likeness (QED) is 0.752. The van der Waals surface area contributed by atoms with Gasteiger partial charge in [0, 0.05) is 19.7 Å². The van der Waals surface area contributed by atoms with Crippen molar-refractivity contribution in [2.75, 3.05) is 36.9 Å². The van der Waals surface area contributed by atoms with Gasteiger partial charge in [-0.25, -0.2) is 0 Å². The molecular weight excluding hydrogens is 266 g/mol. The molecule has 1 heterocycles. The Hall–Kier alpha value is -1.75. The fourth-order valence-corrected chi connectivity index (χ4v) is 2.36. The molecule has 1 aromatic rings. The summed E-state index contributed by atoms with van der Waals surface area (Å²) < 4.78 is 5.46. The number of carbonyl (C=O) groups is 1. The number of amides is 1. The van der Waals surface area contributed by atoms with Gasteiger partial charge in [-0.05, 0) is 25.0 Å². The van der Waals surface area contributed by atoms with Crippen molar-refractivity contribution in [2.45, 2.75) is 26.8 Å². The number of fused-ring (bicyclic) bond motifs is 1. The van der Waals surface area contributed by atoms with E-state index in [2.05, 4.69) is 29.8 Å². The Labute approximate surface area is 126 Å². The zero-order valence-electron chi connectivity index (χ0n) is 13.0. The summed E-state index contributed by atoms with van der Waals surface area (Å²) in [6.45, 7) is 9.03. The lowest BCUT2D eigenvalue weighted by Crippen LogP contribution is -2.42. The van der Waals surface area contributed by atoms with Gasteiger partial charge < -0.3 is 20.7 Å². The van der Waals surface area contributed by atoms with E-state index in [1.54, 1.807) is 0 Å². The maximum Gasteiger partial charge on any atom is 0.253 e. The molecule has 2 rings (SSSR count). The molecule has 0 aliphatic carbocycles. The molecule has 21 heavy (non-hydrogen) atoms. The molecule has 1 amide bonds. The van der Waals surface area contributed by atoms with Gasteiger partial charge in [-0.2, -0.15) is 0 Å². The number of hydrogen-bond donors (Lipinski definition) is 3. The predicted molar refractivity (Wildman–Crippen MR) is 86.0 cm³/mol. The van der Waals surface area contributed by atoms with Crippen molar-refractivity contribution in [2.24, 2.45) is 5.92 Å². The number of rotatable bonds is 6. The van der Waals surface area contributed by atoms with Gasteiger partial charge in [0.15, 0.2) is 0 Å². The molecule has 1 aliphatic heterocycles. The van der Waals surface area contributed by atoms with Crippen LogP contribution in [0.4, 0.5) is 11.4 Å². The van der Waals surface area contributed by atoms with E-state index in [0.717, 1.165) is 24.5 Å². The average molecular weight is 291 g/mol. The number of ether oxygens (including phenoxy) is 1. The fraction of sp³-hybridized carbons (Fsp3) is 0.562. The van der Waals surface area contributed by atoms with Crippen molar-refractivity contribution in [3.8, 4) is 0 Å². The van der Waals surface area contributed by atoms with Crippen LogP contribution in [0.25, 0.3) is 0 Å². The SMILES string of the molecule is CCOCC(NC(=O)c1cccc2c1NCCN2)C(C)C. The molecule has 5 nitrogen and oxygen atoms in total. The van der Waals surface area contributed by atoms with Crippen LogP contribution in [0.1, 0.15) is 31.1 Å². The lowest BCUT2D eigenvalue weighted by atomic mass is 10.0. The molecule has 0 saturated carbocycles. The lowest BCUT2D eigenvalue weighted by molar-refractivity contribution is 0.0807. The van der Waals surface area contributed by atoms with Crippen LogP contribution in [0.15, 0.2) is 18.2 Å². The molecule has 0 saturated heterocycles. The van der Waals surface area contributed by atoms with Gasteiger partial charge in [0.05, 0.1) is 29.6 Å². The number of para-hydroxylation sites is 1. The largest absolute Gasteiger partial charge is 0.382 e. The average Bonchev–Trinajstić information content (AvgIpc) is 2.50. The van der Waals surface area contributed by atoms with Crippen LogP contribution in [0.3, 0.4) is 0 Å². The van der Waals surface area contributed by atoms with Crippen molar-refractivity contribution < 1.29 is 9.53 Å². The summed E-state index contributed by atoms with van der Waals surface area (Å²) in [7, 11) is 0. The predicted octanol–water partition coefficient (Wildman–Crippen LogP) is 2.31. The summed E-state index contributed by atoms with van der Waals surface area (Å²) in [5, 5.41) is 9.69. The summed E-state index contributed by atoms with van der Waals surface area (Å²) in [5.74, 6) is 0.271. The highest BCUT2D eigenvalue weighted by molar-refractivity contribution is 6.02. The topological polar surface area (TPSA) is 62.4 Å². The van der Waals surface area contributed by atoms with Gasteiger partial charge in [-0.15, -0.1) is 0 Å². The zero-order valence-corrected chi connectivity index (χ0v) is 13.0. The van der Waals surface area contributed by atoms with Crippen molar-refractivity contribution in [3.63, 3.8) is 0 Å². The number of anilines is 2. The highest BCUT2D eigenvalue weighted by Gasteiger charge is 2.21. The molecule has 1 unspecified atom stereocenters. The van der Waals surface area contributed by atoms with Crippen LogP contribution in [0.5, 0.6) is 0 Å². The van der Waals surface area contributed by atoms with E-state index >= 15 is 0 Å². The second kappa shape index (κ2) is 7.31. The summed E-state index contributed by atoms with van der Waals surface area (Å²) in [5.41, 5.74) is 2.56. The third-order valence-corrected chi connectivity index (χ3v) is 3.67. The second-order valence-corrected chi connectivity index (χ2v) is 5.57. The fourth-order valence-electron chi connectivity index (χ4n) is 2.36. The summed E-state index contributed by atoms with van der Waals surface area (Å²) in [6, 6.07) is 5.76. The van der Waals surface area contributed by atoms with E-state index in [1.807, 2.05) is 25.1 Å². The van der Waals surface area contributed by atoms with Gasteiger partial charge in [-0.1, -0.05) is 19.9 Å². The van der Waals surface area contributed by atoms with Gasteiger partial charge >= 0.3 is 0 Å². The van der Waals surface area contributed by atoms with Crippen LogP contribution in [0.2, 0.25) is 0 Å². The molecule has 116 valence electrons. The van der Waals surface area contributed by atoms with Crippen LogP contribution in [-0.4, -0.2) is 38.3 Å². The molecule has 5 heteroatoms. The molecular formula is C16H25N3O2. The van der Waals surface area contributed by atoms with Crippen LogP contribution < -0.4 is 16.0 Å². The minimum atomic E-state index is -0.0542. The molecule has 1 atom stereocenters. The van der Waals surface area contributed by atoms with Crippen LogP contribution in [-0.2, 0) is 4.74 Å². The Morgan fingerprint density at radius 3 is 2.81 bits per heavy atom. The van der Waals surface area contributed by atoms with Crippen LogP contribution in [0, 0.1) is 5.92 Å². The van der Waals surface area contributed by atoms with Gasteiger partial charge in [0.2, 0.25) is 0 Å². The first-order valence-electron chi connectivity index (χ1n) is 7.62. The molecule has 0 aromatic heterocycles. The molecule has 3 N–H and O–H groups in total. The minimum Gasteiger partial charge on any atom is -0.382 e. The van der Waals surface area contributed by atoms with E-state index in [1.165, 1.54) is 0 Å². The number of carbonyl (C=O) groups excluding carboxylic acids is 1. The molecule has 1 aliphatic rings. The Bertz CT molecular complexity index is 488. The Balaban J connectivity index is 2.12. The number of hydrogen-bond acceptors (Lipinski definition) is 4. The molecule has 0 bridgehead atoms. The Morgan fingerprint density at radius 1 is 1.33 bits per heavy atom. The van der Waals surface area contributed by atoms with E-state index < -0.39 is 0 Å². The van der Waals surface area contributed by atoms with Crippen molar-refractivity contribution >= 4 is 17.3 Å². The smallest absolute Gasteiger partial charge is 0.253 e. The second-order valence-electron chi connectivity index (χ2n) is 5.57. The van der Waals surface area contributed by atoms with E-state index in [9.17, 15) is 4.79 Å². The highest BCUT2D eigenvalue weighted by atomic mass is 16.5. The maximum absolute atomic E-state index is 12.6. The number of nitrogens with one attached hydrogen (secondary N) is 3. The van der Waals surface area contributed by atoms with E-state index in [-0.39, 0.29) is 11.9 Å². The summed E-state index contributed by atoms with van der Waals surface area (Å²) in [6.07, 6.45) is 0. The monoisotopic (exact) mass is 291 g/mol. The minimum absolute atomic E-state index is 0.0184. The first-order chi connectivity index (χ1) is 10.1. The molecule has 0 spiro atoms. The number of benzene rings is 1. The van der Waals surface area contributed by atoms with Crippen LogP contribution >= 0.6 is 0 Å². The maximum atomic E-state index is 12.6. The van der Waals surface area contributed by atoms with Crippen molar-refractivity contribution in [1.82, 2.24) is 5.32 Å². The first-order valence-corrected chi connectivity index (χ1v) is 7.62. The molecule has 1 aromatic carbocycles. The summed E-state index contributed by atoms with van der Waals surface area (Å²) >= 11 is 0. The van der Waals surface area contributed by atoms with Crippen molar-refractivity contribution in [1.29, 1.82) is 0 Å². The van der Waals surface area contributed by atoms with Gasteiger partial charge in [0.1, 0.15) is 0 Å². The van der Waals surface area contributed by atoms with Gasteiger partial charge in [-0.3, -0.25) is 4.79 Å². The van der Waals surface area contributed by atoms with E-state index in [0.29, 0.717) is 24.7 Å². The molecule has 0 fully saturated rings. The lowest BCUT2D eigenvalue weighted by Gasteiger charge is -2.25. The standard InChI is InChI=1S/C16H25N3O2/c1-4-21-10-14(11(2)3)19-16(20)12-6-5-7-13-15(12)18-9-8-17-13/h5-7,11,14,17-18H,4,8-10H2,1-3H3,(H,19,20). The first kappa shape index (κ1) is 15.6. The third-order valence-electron chi connectivity index (χ3n) is 3.67. The highest BCUT2D eigenvalue weighted by Crippen LogP contribution is 2.28. The van der Waals surface area contributed by atoms with Crippen molar-refractivity contribution in [3.05, 3.63) is 23.8 Å². The third kappa shape index (κ3) is 3.88. The zero-order chi connectivity index (χ0) is 15.2. The van der Waals surface area contributed by atoms with E-state index in [4.69, 9.17) is 4.74 Å². The Morgan fingerprint density at radius 2 is 2.10 bits per heavy atom. The Kier molecular flexibility index (Phi) is 5.44. The summed E-state index contributed by atoms with van der Waals surface area (Å²) in [4.78, 5) is 12.6. The van der Waals surface area contributed by atoms with Gasteiger partial charge in [0.25, 0.3) is 5.91 Å².